The Morgan fingerprint density at radius 2 is 1.84 bits per heavy atom. The third-order valence-electron chi connectivity index (χ3n) is 4.78. The van der Waals surface area contributed by atoms with Crippen LogP contribution in [0.5, 0.6) is 11.5 Å². The van der Waals surface area contributed by atoms with Gasteiger partial charge in [0.2, 0.25) is 0 Å². The van der Waals surface area contributed by atoms with Gasteiger partial charge in [0.25, 0.3) is 0 Å². The van der Waals surface area contributed by atoms with Crippen LogP contribution < -0.4 is 9.47 Å². The predicted octanol–water partition coefficient (Wildman–Crippen LogP) is 5.06. The highest BCUT2D eigenvalue weighted by Gasteiger charge is 2.18. The molecule has 0 aliphatic rings. The van der Waals surface area contributed by atoms with E-state index in [1.807, 2.05) is 28.8 Å². The molecule has 1 heterocycles. The second-order valence-electron chi connectivity index (χ2n) is 7.60. The number of para-hydroxylation sites is 1. The fraction of sp³-hybridized carbons (Fsp3) is 0.375. The van der Waals surface area contributed by atoms with Crippen molar-refractivity contribution in [2.45, 2.75) is 45.5 Å². The molecule has 31 heavy (non-hydrogen) atoms. The zero-order valence-corrected chi connectivity index (χ0v) is 19.3. The van der Waals surface area contributed by atoms with E-state index in [0.717, 1.165) is 29.7 Å². The molecular formula is C24H29N3O3S. The van der Waals surface area contributed by atoms with Gasteiger partial charge in [-0.3, -0.25) is 4.79 Å². The second-order valence-corrected chi connectivity index (χ2v) is 8.54. The second kappa shape index (κ2) is 11.0. The number of carbonyl (C=O) groups is 1. The summed E-state index contributed by atoms with van der Waals surface area (Å²) >= 11 is 1.39. The molecule has 0 fully saturated rings. The number of ether oxygens (including phenoxy) is 2. The fourth-order valence-corrected chi connectivity index (χ4v) is 3.98. The lowest BCUT2D eigenvalue weighted by atomic mass is 10.1. The molecule has 0 N–H and O–H groups in total. The third kappa shape index (κ3) is 6.10. The summed E-state index contributed by atoms with van der Waals surface area (Å²) in [6.45, 7) is 7.49. The van der Waals surface area contributed by atoms with Gasteiger partial charge in [0, 0.05) is 6.54 Å². The summed E-state index contributed by atoms with van der Waals surface area (Å²) in [6.07, 6.45) is 0.997. The van der Waals surface area contributed by atoms with Gasteiger partial charge in [-0.25, -0.2) is 0 Å². The fourth-order valence-electron chi connectivity index (χ4n) is 3.13. The van der Waals surface area contributed by atoms with Gasteiger partial charge in [-0.05, 0) is 42.2 Å². The summed E-state index contributed by atoms with van der Waals surface area (Å²) in [4.78, 5) is 12.7. The van der Waals surface area contributed by atoms with E-state index in [0.29, 0.717) is 23.8 Å². The Morgan fingerprint density at radius 1 is 1.10 bits per heavy atom. The normalized spacial score (nSPS) is 11.0. The van der Waals surface area contributed by atoms with E-state index in [-0.39, 0.29) is 11.5 Å². The van der Waals surface area contributed by atoms with Gasteiger partial charge >= 0.3 is 0 Å². The number of nitrogens with zero attached hydrogens (tertiary/aromatic N) is 3. The van der Waals surface area contributed by atoms with E-state index in [1.165, 1.54) is 17.3 Å². The van der Waals surface area contributed by atoms with Crippen LogP contribution in [-0.2, 0) is 19.6 Å². The minimum absolute atomic E-state index is 0.00430. The van der Waals surface area contributed by atoms with Crippen molar-refractivity contribution in [1.82, 2.24) is 14.8 Å². The Kier molecular flexibility index (Phi) is 8.12. The highest BCUT2D eigenvalue weighted by Crippen LogP contribution is 2.24. The van der Waals surface area contributed by atoms with Crippen LogP contribution in [0.2, 0.25) is 0 Å². The van der Waals surface area contributed by atoms with Gasteiger partial charge in [-0.2, -0.15) is 0 Å². The van der Waals surface area contributed by atoms with Crippen LogP contribution in [0.15, 0.2) is 53.7 Å². The number of hydrogen-bond acceptors (Lipinski definition) is 6. The summed E-state index contributed by atoms with van der Waals surface area (Å²) < 4.78 is 13.3. The van der Waals surface area contributed by atoms with E-state index >= 15 is 0 Å². The van der Waals surface area contributed by atoms with E-state index in [4.69, 9.17) is 9.47 Å². The van der Waals surface area contributed by atoms with Crippen molar-refractivity contribution < 1.29 is 14.3 Å². The van der Waals surface area contributed by atoms with E-state index in [9.17, 15) is 4.79 Å². The molecule has 0 radical (unpaired) electrons. The van der Waals surface area contributed by atoms with Crippen LogP contribution in [0.1, 0.15) is 42.5 Å². The van der Waals surface area contributed by atoms with E-state index in [1.54, 1.807) is 19.2 Å². The molecular weight excluding hydrogens is 410 g/mol. The zero-order valence-electron chi connectivity index (χ0n) is 18.5. The van der Waals surface area contributed by atoms with Crippen molar-refractivity contribution in [3.05, 3.63) is 65.5 Å². The number of Topliss-reactive ketones (excluding diaryl/α,β-unsaturated/α-hetero) is 1. The molecule has 0 unspecified atom stereocenters. The number of methoxy groups -OCH3 is 1. The van der Waals surface area contributed by atoms with Gasteiger partial charge in [0.05, 0.1) is 18.4 Å². The van der Waals surface area contributed by atoms with Crippen LogP contribution in [0.4, 0.5) is 0 Å². The number of benzene rings is 2. The lowest BCUT2D eigenvalue weighted by Gasteiger charge is -2.13. The molecule has 0 saturated heterocycles. The van der Waals surface area contributed by atoms with Gasteiger partial charge < -0.3 is 14.0 Å². The highest BCUT2D eigenvalue weighted by molar-refractivity contribution is 7.99. The van der Waals surface area contributed by atoms with Crippen LogP contribution in [0, 0.1) is 5.92 Å². The Bertz CT molecular complexity index is 1000. The van der Waals surface area contributed by atoms with Crippen molar-refractivity contribution in [2.24, 2.45) is 5.92 Å². The number of ketones is 1. The lowest BCUT2D eigenvalue weighted by Crippen LogP contribution is -2.13. The molecule has 0 atom stereocenters. The molecule has 3 aromatic rings. The number of aryl methyl sites for hydroxylation is 1. The Morgan fingerprint density at radius 3 is 2.52 bits per heavy atom. The predicted molar refractivity (Wildman–Crippen MR) is 123 cm³/mol. The Balaban J connectivity index is 1.70. The third-order valence-corrected chi connectivity index (χ3v) is 5.75. The summed E-state index contributed by atoms with van der Waals surface area (Å²) in [5.74, 6) is 2.80. The minimum atomic E-state index is -0.00430. The molecule has 1 aromatic heterocycles. The standard InChI is InChI=1S/C24H29N3O3S/c1-5-18-10-12-19(13-11-18)30-15-23-25-26-24(27(23)14-17(2)3)31-16-21(28)20-8-6-7-9-22(20)29-4/h6-13,17H,5,14-16H2,1-4H3. The molecule has 164 valence electrons. The Hall–Kier alpha value is -2.80. The molecule has 2 aromatic carbocycles. The largest absolute Gasteiger partial charge is 0.496 e. The molecule has 0 bridgehead atoms. The van der Waals surface area contributed by atoms with Crippen molar-refractivity contribution >= 4 is 17.5 Å². The molecule has 6 nitrogen and oxygen atoms in total. The van der Waals surface area contributed by atoms with Crippen molar-refractivity contribution in [2.75, 3.05) is 12.9 Å². The first kappa shape index (κ1) is 22.9. The average Bonchev–Trinajstić information content (AvgIpc) is 3.16. The van der Waals surface area contributed by atoms with E-state index < -0.39 is 0 Å². The molecule has 0 saturated carbocycles. The maximum Gasteiger partial charge on any atom is 0.191 e. The maximum absolute atomic E-state index is 12.7. The Labute approximate surface area is 188 Å². The first-order chi connectivity index (χ1) is 15.0. The molecule has 0 spiro atoms. The quantitative estimate of drug-likeness (QED) is 0.307. The van der Waals surface area contributed by atoms with Gasteiger partial charge in [-0.15, -0.1) is 10.2 Å². The van der Waals surface area contributed by atoms with Gasteiger partial charge in [0.1, 0.15) is 18.1 Å². The highest BCUT2D eigenvalue weighted by atomic mass is 32.2. The van der Waals surface area contributed by atoms with Crippen LogP contribution >= 0.6 is 11.8 Å². The van der Waals surface area contributed by atoms with Crippen molar-refractivity contribution in [3.63, 3.8) is 0 Å². The number of aromatic nitrogens is 3. The average molecular weight is 440 g/mol. The first-order valence-corrected chi connectivity index (χ1v) is 11.4. The van der Waals surface area contributed by atoms with Crippen LogP contribution in [0.25, 0.3) is 0 Å². The van der Waals surface area contributed by atoms with E-state index in [2.05, 4.69) is 43.1 Å². The summed E-state index contributed by atoms with van der Waals surface area (Å²) in [5.41, 5.74) is 1.85. The smallest absolute Gasteiger partial charge is 0.191 e. The molecule has 7 heteroatoms. The maximum atomic E-state index is 12.7. The number of rotatable bonds is 11. The summed E-state index contributed by atoms with van der Waals surface area (Å²) in [5, 5.41) is 9.38. The summed E-state index contributed by atoms with van der Waals surface area (Å²) in [7, 11) is 1.57. The first-order valence-electron chi connectivity index (χ1n) is 10.4. The van der Waals surface area contributed by atoms with Crippen molar-refractivity contribution in [1.29, 1.82) is 0 Å². The van der Waals surface area contributed by atoms with Crippen molar-refractivity contribution in [3.8, 4) is 11.5 Å². The lowest BCUT2D eigenvalue weighted by molar-refractivity contribution is 0.101. The number of carbonyl (C=O) groups excluding carboxylic acids is 1. The number of thioether (sulfide) groups is 1. The summed E-state index contributed by atoms with van der Waals surface area (Å²) in [6, 6.07) is 15.4. The van der Waals surface area contributed by atoms with Crippen LogP contribution in [-0.4, -0.2) is 33.4 Å². The van der Waals surface area contributed by atoms with Gasteiger partial charge in [0.15, 0.2) is 16.8 Å². The monoisotopic (exact) mass is 439 g/mol. The van der Waals surface area contributed by atoms with Crippen LogP contribution in [0.3, 0.4) is 0 Å². The minimum Gasteiger partial charge on any atom is -0.496 e. The SMILES string of the molecule is CCc1ccc(OCc2nnc(SCC(=O)c3ccccc3OC)n2CC(C)C)cc1. The van der Waals surface area contributed by atoms with Gasteiger partial charge in [-0.1, -0.05) is 56.8 Å². The molecule has 0 aliphatic carbocycles. The number of hydrogen-bond donors (Lipinski definition) is 0. The molecule has 0 aliphatic heterocycles. The molecule has 3 rings (SSSR count). The molecule has 0 amide bonds. The zero-order chi connectivity index (χ0) is 22.2. The topological polar surface area (TPSA) is 66.2 Å².